The van der Waals surface area contributed by atoms with Crippen molar-refractivity contribution in [1.82, 2.24) is 29.6 Å². The maximum absolute atomic E-state index is 14.6. The Hall–Kier alpha value is -4.46. The molecule has 1 aromatic carbocycles. The van der Waals surface area contributed by atoms with Gasteiger partial charge in [-0.3, -0.25) is 14.5 Å². The molecule has 210 valence electrons. The number of likely N-dealkylation sites (tertiary alicyclic amines) is 1. The molecular weight excluding hydrogens is 529 g/mol. The van der Waals surface area contributed by atoms with E-state index in [0.29, 0.717) is 29.1 Å². The lowest BCUT2D eigenvalue weighted by Gasteiger charge is -2.41. The molecule has 0 saturated carbocycles. The molecule has 5 rings (SSSR count). The topological polar surface area (TPSA) is 108 Å². The molecule has 0 spiro atoms. The van der Waals surface area contributed by atoms with E-state index in [0.717, 1.165) is 12.3 Å². The number of likely N-dealkylation sites (N-methyl/N-ethyl adjacent to an activating group) is 1. The summed E-state index contributed by atoms with van der Waals surface area (Å²) in [6.07, 6.45) is 3.83. The molecule has 3 aromatic rings. The van der Waals surface area contributed by atoms with Gasteiger partial charge in [-0.25, -0.2) is 23.0 Å². The number of halogens is 3. The van der Waals surface area contributed by atoms with Crippen LogP contribution in [0.1, 0.15) is 18.0 Å². The number of aromatic nitrogens is 3. The zero-order chi connectivity index (χ0) is 28.6. The minimum absolute atomic E-state index is 0.0684. The quantitative estimate of drug-likeness (QED) is 0.480. The van der Waals surface area contributed by atoms with Gasteiger partial charge in [0.15, 0.2) is 11.6 Å². The Morgan fingerprint density at radius 1 is 1.10 bits per heavy atom. The lowest BCUT2D eigenvalue weighted by molar-refractivity contribution is -0.116. The smallest absolute Gasteiger partial charge is 0.341 e. The third-order valence-electron chi connectivity index (χ3n) is 6.44. The van der Waals surface area contributed by atoms with E-state index in [9.17, 15) is 22.8 Å². The summed E-state index contributed by atoms with van der Waals surface area (Å²) >= 11 is 0. The number of hydrogen-bond donors (Lipinski definition) is 1. The fraction of sp³-hybridized carbons (Fsp3) is 0.346. The van der Waals surface area contributed by atoms with Crippen LogP contribution in [0.2, 0.25) is 0 Å². The number of amides is 3. The average molecular weight is 557 g/mol. The molecule has 4 heterocycles. The van der Waals surface area contributed by atoms with Crippen LogP contribution in [0.25, 0.3) is 11.4 Å². The highest BCUT2D eigenvalue weighted by molar-refractivity contribution is 5.95. The van der Waals surface area contributed by atoms with Crippen LogP contribution in [0, 0.1) is 17.5 Å². The first kappa shape index (κ1) is 27.1. The summed E-state index contributed by atoms with van der Waals surface area (Å²) in [4.78, 5) is 32.6. The fourth-order valence-corrected chi connectivity index (χ4v) is 4.59. The summed E-state index contributed by atoms with van der Waals surface area (Å²) in [5, 5.41) is 12.2. The van der Waals surface area contributed by atoms with Crippen LogP contribution in [0.4, 0.5) is 23.7 Å². The summed E-state index contributed by atoms with van der Waals surface area (Å²) in [6.45, 7) is 0.479. The van der Waals surface area contributed by atoms with Crippen LogP contribution >= 0.6 is 0 Å². The summed E-state index contributed by atoms with van der Waals surface area (Å²) in [7, 11) is 5.21. The van der Waals surface area contributed by atoms with Gasteiger partial charge in [0.25, 0.3) is 0 Å². The second-order valence-corrected chi connectivity index (χ2v) is 9.84. The standard InChI is InChI=1S/C26H27F3N8O3/c1-34(2)14-24(38)33-21-11-32-35(3)25(21)20-9-23(19(29)10-30-20)40-18-12-36(13-18)26(39)37-22(4-5-31-37)15-6-16(27)8-17(28)7-15/h5-11,18,22H,4,12-14H2,1-3H3,(H,33,38)/t22-/m0/s1. The van der Waals surface area contributed by atoms with Crippen LogP contribution in [-0.2, 0) is 11.8 Å². The van der Waals surface area contributed by atoms with Gasteiger partial charge in [0, 0.05) is 31.8 Å². The first-order chi connectivity index (χ1) is 19.1. The van der Waals surface area contributed by atoms with E-state index in [-0.39, 0.29) is 31.3 Å². The van der Waals surface area contributed by atoms with Crippen molar-refractivity contribution in [3.63, 3.8) is 0 Å². The van der Waals surface area contributed by atoms with Crippen LogP contribution in [0.5, 0.6) is 5.75 Å². The van der Waals surface area contributed by atoms with Crippen molar-refractivity contribution in [1.29, 1.82) is 0 Å². The van der Waals surface area contributed by atoms with E-state index in [2.05, 4.69) is 20.5 Å². The molecule has 1 N–H and O–H groups in total. The number of anilines is 1. The molecule has 2 aromatic heterocycles. The number of urea groups is 1. The highest BCUT2D eigenvalue weighted by Gasteiger charge is 2.39. The number of carbonyl (C=O) groups excluding carboxylic acids is 2. The van der Waals surface area contributed by atoms with E-state index >= 15 is 0 Å². The number of ether oxygens (including phenoxy) is 1. The number of pyridine rings is 1. The van der Waals surface area contributed by atoms with Crippen molar-refractivity contribution in [3.8, 4) is 17.1 Å². The third-order valence-corrected chi connectivity index (χ3v) is 6.44. The van der Waals surface area contributed by atoms with Crippen LogP contribution in [0.15, 0.2) is 41.8 Å². The predicted molar refractivity (Wildman–Crippen MR) is 139 cm³/mol. The Morgan fingerprint density at radius 2 is 1.82 bits per heavy atom. The van der Waals surface area contributed by atoms with Gasteiger partial charge < -0.3 is 19.9 Å². The molecule has 0 unspecified atom stereocenters. The molecule has 1 saturated heterocycles. The van der Waals surface area contributed by atoms with Gasteiger partial charge in [0.05, 0.1) is 49.5 Å². The monoisotopic (exact) mass is 556 g/mol. The zero-order valence-electron chi connectivity index (χ0n) is 22.0. The molecule has 0 aliphatic carbocycles. The number of carbonyl (C=O) groups is 2. The summed E-state index contributed by atoms with van der Waals surface area (Å²) in [6, 6.07) is 3.45. The van der Waals surface area contributed by atoms with Crippen molar-refractivity contribution in [3.05, 3.63) is 59.7 Å². The maximum Gasteiger partial charge on any atom is 0.341 e. The summed E-state index contributed by atoms with van der Waals surface area (Å²) in [5.74, 6) is -2.48. The van der Waals surface area contributed by atoms with E-state index in [1.165, 1.54) is 45.2 Å². The van der Waals surface area contributed by atoms with Crippen LogP contribution in [-0.4, -0.2) is 87.6 Å². The van der Waals surface area contributed by atoms with Crippen LogP contribution < -0.4 is 10.1 Å². The summed E-state index contributed by atoms with van der Waals surface area (Å²) < 4.78 is 49.4. The SMILES string of the molecule is CN(C)CC(=O)Nc1cnn(C)c1-c1cc(OC2CN(C(=O)N3N=CC[C@H]3c3cc(F)cc(F)c3)C2)c(F)cn1. The van der Waals surface area contributed by atoms with Gasteiger partial charge >= 0.3 is 6.03 Å². The molecule has 0 bridgehead atoms. The molecule has 11 nitrogen and oxygen atoms in total. The third kappa shape index (κ3) is 5.61. The van der Waals surface area contributed by atoms with Crippen molar-refractivity contribution < 1.29 is 27.5 Å². The molecule has 14 heteroatoms. The molecule has 1 fully saturated rings. The van der Waals surface area contributed by atoms with E-state index in [1.807, 2.05) is 0 Å². The number of aryl methyl sites for hydroxylation is 1. The van der Waals surface area contributed by atoms with Gasteiger partial charge in [-0.15, -0.1) is 0 Å². The number of rotatable bonds is 7. The lowest BCUT2D eigenvalue weighted by atomic mass is 10.0. The molecule has 3 amide bonds. The largest absolute Gasteiger partial charge is 0.483 e. The predicted octanol–water partition coefficient (Wildman–Crippen LogP) is 3.02. The molecular formula is C26H27F3N8O3. The van der Waals surface area contributed by atoms with Gasteiger partial charge in [-0.1, -0.05) is 0 Å². The Kier molecular flexibility index (Phi) is 7.43. The Bertz CT molecular complexity index is 1450. The van der Waals surface area contributed by atoms with E-state index in [1.54, 1.807) is 26.0 Å². The highest BCUT2D eigenvalue weighted by Crippen LogP contribution is 2.33. The molecule has 40 heavy (non-hydrogen) atoms. The lowest BCUT2D eigenvalue weighted by Crippen LogP contribution is -2.58. The number of hydrazone groups is 1. The minimum Gasteiger partial charge on any atom is -0.483 e. The fourth-order valence-electron chi connectivity index (χ4n) is 4.59. The van der Waals surface area contributed by atoms with Crippen molar-refractivity contribution in [2.24, 2.45) is 12.1 Å². The minimum atomic E-state index is -0.736. The zero-order valence-corrected chi connectivity index (χ0v) is 22.0. The highest BCUT2D eigenvalue weighted by atomic mass is 19.1. The summed E-state index contributed by atoms with van der Waals surface area (Å²) in [5.41, 5.74) is 1.52. The maximum atomic E-state index is 14.6. The number of nitrogens with zero attached hydrogens (tertiary/aromatic N) is 7. The van der Waals surface area contributed by atoms with Crippen molar-refractivity contribution in [2.75, 3.05) is 39.0 Å². The second kappa shape index (κ2) is 11.0. The molecule has 0 radical (unpaired) electrons. The van der Waals surface area contributed by atoms with E-state index in [4.69, 9.17) is 4.74 Å². The van der Waals surface area contributed by atoms with Crippen molar-refractivity contribution >= 4 is 23.8 Å². The van der Waals surface area contributed by atoms with Crippen LogP contribution in [0.3, 0.4) is 0 Å². The number of hydrogen-bond acceptors (Lipinski definition) is 7. The van der Waals surface area contributed by atoms with Gasteiger partial charge in [0.1, 0.15) is 23.4 Å². The number of nitrogens with one attached hydrogen (secondary N) is 1. The first-order valence-electron chi connectivity index (χ1n) is 12.4. The normalized spacial score (nSPS) is 16.9. The van der Waals surface area contributed by atoms with Gasteiger partial charge in [-0.05, 0) is 31.8 Å². The average Bonchev–Trinajstić information content (AvgIpc) is 3.48. The Balaban J connectivity index is 1.25. The van der Waals surface area contributed by atoms with Crippen molar-refractivity contribution in [2.45, 2.75) is 18.6 Å². The number of benzene rings is 1. The van der Waals surface area contributed by atoms with E-state index < -0.39 is 35.6 Å². The Morgan fingerprint density at radius 3 is 2.52 bits per heavy atom. The first-order valence-corrected chi connectivity index (χ1v) is 12.4. The molecule has 2 aliphatic heterocycles. The Labute approximate surface area is 227 Å². The molecule has 2 aliphatic rings. The molecule has 1 atom stereocenters. The van der Waals surface area contributed by atoms with Gasteiger partial charge in [-0.2, -0.15) is 10.2 Å². The van der Waals surface area contributed by atoms with Gasteiger partial charge in [0.2, 0.25) is 5.91 Å². The second-order valence-electron chi connectivity index (χ2n) is 9.84.